The van der Waals surface area contributed by atoms with E-state index in [4.69, 9.17) is 0 Å². The first-order chi connectivity index (χ1) is 16.2. The van der Waals surface area contributed by atoms with Crippen molar-refractivity contribution in [3.63, 3.8) is 0 Å². The van der Waals surface area contributed by atoms with E-state index in [1.54, 1.807) is 0 Å². The van der Waals surface area contributed by atoms with E-state index in [-0.39, 0.29) is 5.56 Å². The fourth-order valence-corrected chi connectivity index (χ4v) is 5.34. The molecule has 1 saturated heterocycles. The summed E-state index contributed by atoms with van der Waals surface area (Å²) < 4.78 is 2.03. The number of fused-ring (bicyclic) bond motifs is 2. The minimum Gasteiger partial charge on any atom is -0.308 e. The van der Waals surface area contributed by atoms with Crippen LogP contribution in [0.25, 0.3) is 10.9 Å². The van der Waals surface area contributed by atoms with E-state index in [0.717, 1.165) is 62.0 Å². The summed E-state index contributed by atoms with van der Waals surface area (Å²) in [5, 5.41) is 4.62. The average molecular weight is 444 g/mol. The topological polar surface area (TPSA) is 54.3 Å². The molecule has 0 amide bonds. The summed E-state index contributed by atoms with van der Waals surface area (Å²) in [6.07, 6.45) is 8.18. The SMILES string of the molecule is O=Cc1ccc(CNCc2cc3cc4c(cc3n(CCN3CCCCC3)c2=O)CCC4)cc1. The van der Waals surface area contributed by atoms with Crippen LogP contribution in [0.3, 0.4) is 0 Å². The van der Waals surface area contributed by atoms with Crippen molar-refractivity contribution in [2.75, 3.05) is 19.6 Å². The first-order valence-corrected chi connectivity index (χ1v) is 12.4. The highest BCUT2D eigenvalue weighted by Gasteiger charge is 2.17. The lowest BCUT2D eigenvalue weighted by Crippen LogP contribution is -2.36. The van der Waals surface area contributed by atoms with Crippen molar-refractivity contribution in [3.8, 4) is 0 Å². The molecule has 2 aliphatic rings. The van der Waals surface area contributed by atoms with Gasteiger partial charge in [0.1, 0.15) is 6.29 Å². The van der Waals surface area contributed by atoms with Gasteiger partial charge in [0.05, 0.1) is 5.52 Å². The van der Waals surface area contributed by atoms with Gasteiger partial charge in [-0.3, -0.25) is 9.59 Å². The number of hydrogen-bond acceptors (Lipinski definition) is 4. The van der Waals surface area contributed by atoms with Gasteiger partial charge in [-0.15, -0.1) is 0 Å². The quantitative estimate of drug-likeness (QED) is 0.533. The molecule has 33 heavy (non-hydrogen) atoms. The first-order valence-electron chi connectivity index (χ1n) is 12.4. The zero-order chi connectivity index (χ0) is 22.6. The van der Waals surface area contributed by atoms with Crippen LogP contribution in [0.1, 0.15) is 58.3 Å². The molecule has 1 aromatic heterocycles. The third kappa shape index (κ3) is 4.94. The number of aromatic nitrogens is 1. The van der Waals surface area contributed by atoms with Gasteiger partial charge in [0.2, 0.25) is 0 Å². The monoisotopic (exact) mass is 443 g/mol. The molecule has 0 spiro atoms. The average Bonchev–Trinajstić information content (AvgIpc) is 3.31. The molecule has 2 heterocycles. The van der Waals surface area contributed by atoms with E-state index in [1.807, 2.05) is 28.8 Å². The van der Waals surface area contributed by atoms with Crippen LogP contribution >= 0.6 is 0 Å². The van der Waals surface area contributed by atoms with Crippen LogP contribution < -0.4 is 10.9 Å². The number of benzene rings is 2. The second-order valence-corrected chi connectivity index (χ2v) is 9.52. The molecule has 5 nitrogen and oxygen atoms in total. The predicted molar refractivity (Wildman–Crippen MR) is 133 cm³/mol. The molecule has 1 fully saturated rings. The number of carbonyl (C=O) groups is 1. The van der Waals surface area contributed by atoms with Gasteiger partial charge in [0, 0.05) is 37.3 Å². The minimum absolute atomic E-state index is 0.126. The predicted octanol–water partition coefficient (Wildman–Crippen LogP) is 4.08. The van der Waals surface area contributed by atoms with Crippen molar-refractivity contribution >= 4 is 17.2 Å². The zero-order valence-corrected chi connectivity index (χ0v) is 19.3. The number of nitrogens with zero attached hydrogens (tertiary/aromatic N) is 2. The molecule has 0 saturated carbocycles. The number of carbonyl (C=O) groups excluding carboxylic acids is 1. The lowest BCUT2D eigenvalue weighted by molar-refractivity contribution is 0.112. The van der Waals surface area contributed by atoms with Gasteiger partial charge in [0.15, 0.2) is 0 Å². The molecule has 0 bridgehead atoms. The molecule has 5 rings (SSSR count). The number of rotatable bonds is 8. The maximum absolute atomic E-state index is 13.5. The van der Waals surface area contributed by atoms with E-state index in [0.29, 0.717) is 18.7 Å². The molecule has 1 aliphatic heterocycles. The second-order valence-electron chi connectivity index (χ2n) is 9.52. The maximum atomic E-state index is 13.5. The normalized spacial score (nSPS) is 16.2. The summed E-state index contributed by atoms with van der Waals surface area (Å²) in [6.45, 7) is 5.17. The highest BCUT2D eigenvalue weighted by molar-refractivity contribution is 5.82. The lowest BCUT2D eigenvalue weighted by Gasteiger charge is -2.27. The van der Waals surface area contributed by atoms with Gasteiger partial charge in [-0.2, -0.15) is 0 Å². The Balaban J connectivity index is 1.39. The summed E-state index contributed by atoms with van der Waals surface area (Å²) in [4.78, 5) is 26.9. The van der Waals surface area contributed by atoms with Crippen molar-refractivity contribution < 1.29 is 4.79 Å². The summed E-state index contributed by atoms with van der Waals surface area (Å²) >= 11 is 0. The Morgan fingerprint density at radius 3 is 2.36 bits per heavy atom. The molecule has 0 radical (unpaired) electrons. The standard InChI is InChI=1S/C28H33N3O2/c32-20-22-9-7-21(8-10-22)18-29-19-26-16-25-15-23-5-4-6-24(23)17-27(25)31(28(26)33)14-13-30-11-2-1-3-12-30/h7-10,15-17,20,29H,1-6,11-14,18-19H2. The number of hydrogen-bond donors (Lipinski definition) is 1. The van der Waals surface area contributed by atoms with Crippen molar-refractivity contribution in [2.45, 2.75) is 58.2 Å². The highest BCUT2D eigenvalue weighted by Crippen LogP contribution is 2.27. The highest BCUT2D eigenvalue weighted by atomic mass is 16.1. The Hall–Kier alpha value is -2.76. The summed E-state index contributed by atoms with van der Waals surface area (Å²) in [7, 11) is 0. The van der Waals surface area contributed by atoms with E-state index < -0.39 is 0 Å². The Morgan fingerprint density at radius 1 is 0.848 bits per heavy atom. The van der Waals surface area contributed by atoms with Crippen LogP contribution in [0.4, 0.5) is 0 Å². The second kappa shape index (κ2) is 10.0. The third-order valence-corrected chi connectivity index (χ3v) is 7.23. The number of pyridine rings is 1. The zero-order valence-electron chi connectivity index (χ0n) is 19.3. The molecular weight excluding hydrogens is 410 g/mol. The van der Waals surface area contributed by atoms with Gasteiger partial charge in [-0.05, 0) is 85.5 Å². The van der Waals surface area contributed by atoms with Crippen LogP contribution in [-0.2, 0) is 32.5 Å². The van der Waals surface area contributed by atoms with Gasteiger partial charge in [-0.1, -0.05) is 30.7 Å². The van der Waals surface area contributed by atoms with E-state index >= 15 is 0 Å². The number of aryl methyl sites for hydroxylation is 2. The van der Waals surface area contributed by atoms with Crippen LogP contribution in [0, 0.1) is 0 Å². The molecule has 5 heteroatoms. The molecule has 172 valence electrons. The van der Waals surface area contributed by atoms with Gasteiger partial charge in [0.25, 0.3) is 5.56 Å². The van der Waals surface area contributed by atoms with Crippen molar-refractivity contribution in [1.29, 1.82) is 0 Å². The van der Waals surface area contributed by atoms with Crippen molar-refractivity contribution in [1.82, 2.24) is 14.8 Å². The molecule has 3 aromatic rings. The Bertz CT molecular complexity index is 1190. The van der Waals surface area contributed by atoms with Crippen molar-refractivity contribution in [2.24, 2.45) is 0 Å². The maximum Gasteiger partial charge on any atom is 0.255 e. The van der Waals surface area contributed by atoms with Gasteiger partial charge in [-0.25, -0.2) is 0 Å². The van der Waals surface area contributed by atoms with E-state index in [9.17, 15) is 9.59 Å². The number of aldehydes is 1. The summed E-state index contributed by atoms with van der Waals surface area (Å²) in [5.41, 5.74) is 6.67. The summed E-state index contributed by atoms with van der Waals surface area (Å²) in [5.74, 6) is 0. The fraction of sp³-hybridized carbons (Fsp3) is 0.429. The van der Waals surface area contributed by atoms with Crippen LogP contribution in [0.5, 0.6) is 0 Å². The van der Waals surface area contributed by atoms with Gasteiger partial charge >= 0.3 is 0 Å². The molecule has 0 atom stereocenters. The number of nitrogens with one attached hydrogen (secondary N) is 1. The molecule has 0 unspecified atom stereocenters. The smallest absolute Gasteiger partial charge is 0.255 e. The summed E-state index contributed by atoms with van der Waals surface area (Å²) in [6, 6.07) is 14.3. The van der Waals surface area contributed by atoms with Gasteiger partial charge < -0.3 is 14.8 Å². The van der Waals surface area contributed by atoms with Crippen LogP contribution in [0.2, 0.25) is 0 Å². The number of likely N-dealkylation sites (tertiary alicyclic amines) is 1. The molecule has 1 N–H and O–H groups in total. The van der Waals surface area contributed by atoms with Crippen LogP contribution in [0.15, 0.2) is 47.3 Å². The number of piperidine rings is 1. The third-order valence-electron chi connectivity index (χ3n) is 7.23. The van der Waals surface area contributed by atoms with E-state index in [2.05, 4.69) is 28.4 Å². The lowest BCUT2D eigenvalue weighted by atomic mass is 10.0. The fourth-order valence-electron chi connectivity index (χ4n) is 5.34. The van der Waals surface area contributed by atoms with E-state index in [1.165, 1.54) is 42.2 Å². The Kier molecular flexibility index (Phi) is 6.70. The molecule has 2 aromatic carbocycles. The Labute approximate surface area is 195 Å². The molecular formula is C28H33N3O2. The van der Waals surface area contributed by atoms with Crippen LogP contribution in [-0.4, -0.2) is 35.4 Å². The first kappa shape index (κ1) is 22.1. The molecule has 1 aliphatic carbocycles. The van der Waals surface area contributed by atoms with Crippen molar-refractivity contribution in [3.05, 3.63) is 80.6 Å². The minimum atomic E-state index is 0.126. The Morgan fingerprint density at radius 2 is 1.61 bits per heavy atom. The largest absolute Gasteiger partial charge is 0.308 e.